The van der Waals surface area contributed by atoms with Crippen molar-refractivity contribution in [3.8, 4) is 0 Å². The van der Waals surface area contributed by atoms with Crippen LogP contribution < -0.4 is 5.73 Å². The molecule has 0 radical (unpaired) electrons. The van der Waals surface area contributed by atoms with E-state index < -0.39 is 0 Å². The van der Waals surface area contributed by atoms with Gasteiger partial charge in [-0.15, -0.1) is 11.3 Å². The molecular formula is C9H15NS2. The maximum atomic E-state index is 6.00. The van der Waals surface area contributed by atoms with Gasteiger partial charge in [0.15, 0.2) is 0 Å². The van der Waals surface area contributed by atoms with Gasteiger partial charge in [0.25, 0.3) is 0 Å². The van der Waals surface area contributed by atoms with Crippen molar-refractivity contribution in [1.82, 2.24) is 0 Å². The Bertz CT molecular complexity index is 208. The molecule has 3 heteroatoms. The third-order valence-electron chi connectivity index (χ3n) is 1.94. The van der Waals surface area contributed by atoms with Crippen LogP contribution in [0.15, 0.2) is 17.5 Å². The van der Waals surface area contributed by atoms with Crippen LogP contribution in [-0.4, -0.2) is 12.3 Å². The number of thiophene rings is 1. The zero-order valence-corrected chi connectivity index (χ0v) is 9.12. The highest BCUT2D eigenvalue weighted by Gasteiger charge is 2.17. The fourth-order valence-electron chi connectivity index (χ4n) is 1.17. The van der Waals surface area contributed by atoms with Crippen molar-refractivity contribution >= 4 is 23.1 Å². The predicted molar refractivity (Wildman–Crippen MR) is 58.8 cm³/mol. The maximum absolute atomic E-state index is 6.00. The third-order valence-corrected chi connectivity index (χ3v) is 4.15. The van der Waals surface area contributed by atoms with Crippen molar-refractivity contribution in [1.29, 1.82) is 0 Å². The summed E-state index contributed by atoms with van der Waals surface area (Å²) in [6.45, 7) is 2.14. The number of hydrogen-bond acceptors (Lipinski definition) is 3. The highest BCUT2D eigenvalue weighted by atomic mass is 32.2. The van der Waals surface area contributed by atoms with Crippen LogP contribution in [-0.2, 0) is 0 Å². The Labute approximate surface area is 82.4 Å². The van der Waals surface area contributed by atoms with Crippen LogP contribution in [0, 0.1) is 0 Å². The Morgan fingerprint density at radius 3 is 2.83 bits per heavy atom. The third kappa shape index (κ3) is 2.25. The average molecular weight is 201 g/mol. The zero-order chi connectivity index (χ0) is 8.97. The summed E-state index contributed by atoms with van der Waals surface area (Å²) in [5.74, 6) is 0. The summed E-state index contributed by atoms with van der Waals surface area (Å²) in [5, 5.41) is 2.59. The monoisotopic (exact) mass is 201 g/mol. The SMILES string of the molecule is CCC(N)C(SC)c1cccs1. The van der Waals surface area contributed by atoms with Gasteiger partial charge in [0.1, 0.15) is 0 Å². The molecule has 0 aromatic carbocycles. The number of hydrogen-bond donors (Lipinski definition) is 1. The minimum atomic E-state index is 0.290. The topological polar surface area (TPSA) is 26.0 Å². The molecule has 1 nitrogen and oxygen atoms in total. The second-order valence-corrected chi connectivity index (χ2v) is 4.70. The predicted octanol–water partition coefficient (Wildman–Crippen LogP) is 2.89. The fourth-order valence-corrected chi connectivity index (χ4v) is 3.26. The Balaban J connectivity index is 2.69. The van der Waals surface area contributed by atoms with Crippen LogP contribution in [0.4, 0.5) is 0 Å². The summed E-state index contributed by atoms with van der Waals surface area (Å²) in [7, 11) is 0. The van der Waals surface area contributed by atoms with Crippen LogP contribution >= 0.6 is 23.1 Å². The molecule has 2 unspecified atom stereocenters. The molecule has 0 aliphatic heterocycles. The largest absolute Gasteiger partial charge is 0.326 e. The lowest BCUT2D eigenvalue weighted by Crippen LogP contribution is -2.24. The first-order valence-electron chi connectivity index (χ1n) is 4.11. The summed E-state index contributed by atoms with van der Waals surface area (Å²) in [5.41, 5.74) is 6.00. The molecule has 12 heavy (non-hydrogen) atoms. The van der Waals surface area contributed by atoms with E-state index in [4.69, 9.17) is 5.73 Å². The molecule has 2 atom stereocenters. The second-order valence-electron chi connectivity index (χ2n) is 2.74. The summed E-state index contributed by atoms with van der Waals surface area (Å²) in [6, 6.07) is 4.55. The van der Waals surface area contributed by atoms with E-state index in [0.717, 1.165) is 6.42 Å². The maximum Gasteiger partial charge on any atom is 0.0539 e. The normalized spacial score (nSPS) is 15.9. The van der Waals surface area contributed by atoms with Crippen LogP contribution in [0.3, 0.4) is 0 Å². The van der Waals surface area contributed by atoms with Crippen molar-refractivity contribution in [3.63, 3.8) is 0 Å². The van der Waals surface area contributed by atoms with E-state index in [1.807, 2.05) is 11.8 Å². The van der Waals surface area contributed by atoms with Crippen molar-refractivity contribution in [3.05, 3.63) is 22.4 Å². The van der Waals surface area contributed by atoms with Crippen LogP contribution in [0.25, 0.3) is 0 Å². The summed E-state index contributed by atoms with van der Waals surface area (Å²) in [4.78, 5) is 1.40. The van der Waals surface area contributed by atoms with Crippen LogP contribution in [0.5, 0.6) is 0 Å². The van der Waals surface area contributed by atoms with Crippen molar-refractivity contribution in [2.24, 2.45) is 5.73 Å². The molecule has 1 aromatic rings. The molecule has 0 amide bonds. The van der Waals surface area contributed by atoms with E-state index >= 15 is 0 Å². The molecule has 0 fully saturated rings. The first-order chi connectivity index (χ1) is 5.79. The van der Waals surface area contributed by atoms with Crippen molar-refractivity contribution in [2.45, 2.75) is 24.6 Å². The summed E-state index contributed by atoms with van der Waals surface area (Å²) in [6.07, 6.45) is 3.17. The number of thioether (sulfide) groups is 1. The first kappa shape index (κ1) is 10.1. The molecule has 2 N–H and O–H groups in total. The summed E-state index contributed by atoms with van der Waals surface area (Å²) < 4.78 is 0. The molecule has 0 bridgehead atoms. The van der Waals surface area contributed by atoms with E-state index in [-0.39, 0.29) is 0 Å². The lowest BCUT2D eigenvalue weighted by molar-refractivity contribution is 0.641. The standard InChI is InChI=1S/C9H15NS2/c1-3-7(10)9(11-2)8-5-4-6-12-8/h4-7,9H,3,10H2,1-2H3. The Hall–Kier alpha value is 0.01000. The highest BCUT2D eigenvalue weighted by Crippen LogP contribution is 2.33. The highest BCUT2D eigenvalue weighted by molar-refractivity contribution is 7.99. The summed E-state index contributed by atoms with van der Waals surface area (Å²) >= 11 is 3.64. The molecule has 1 aromatic heterocycles. The average Bonchev–Trinajstić information content (AvgIpc) is 2.58. The minimum Gasteiger partial charge on any atom is -0.326 e. The molecule has 0 saturated carbocycles. The Morgan fingerprint density at radius 2 is 2.42 bits per heavy atom. The molecule has 68 valence electrons. The molecular weight excluding hydrogens is 186 g/mol. The Kier molecular flexibility index (Phi) is 4.12. The van der Waals surface area contributed by atoms with Gasteiger partial charge >= 0.3 is 0 Å². The smallest absolute Gasteiger partial charge is 0.0539 e. The van der Waals surface area contributed by atoms with Gasteiger partial charge in [-0.2, -0.15) is 11.8 Å². The fraction of sp³-hybridized carbons (Fsp3) is 0.556. The number of rotatable bonds is 4. The number of nitrogens with two attached hydrogens (primary N) is 1. The minimum absolute atomic E-state index is 0.290. The van der Waals surface area contributed by atoms with Crippen molar-refractivity contribution < 1.29 is 0 Å². The van der Waals surface area contributed by atoms with Gasteiger partial charge < -0.3 is 5.73 Å². The van der Waals surface area contributed by atoms with Gasteiger partial charge in [-0.3, -0.25) is 0 Å². The van der Waals surface area contributed by atoms with Crippen molar-refractivity contribution in [2.75, 3.05) is 6.26 Å². The lowest BCUT2D eigenvalue weighted by atomic mass is 10.1. The van der Waals surface area contributed by atoms with Gasteiger partial charge in [0.2, 0.25) is 0 Å². The van der Waals surface area contributed by atoms with E-state index in [2.05, 4.69) is 30.7 Å². The lowest BCUT2D eigenvalue weighted by Gasteiger charge is -2.19. The van der Waals surface area contributed by atoms with Crippen LogP contribution in [0.1, 0.15) is 23.5 Å². The van der Waals surface area contributed by atoms with E-state index in [1.165, 1.54) is 4.88 Å². The quantitative estimate of drug-likeness (QED) is 0.810. The molecule has 0 aliphatic carbocycles. The van der Waals surface area contributed by atoms with Gasteiger partial charge in [-0.05, 0) is 24.1 Å². The van der Waals surface area contributed by atoms with E-state index in [1.54, 1.807) is 11.3 Å². The zero-order valence-electron chi connectivity index (χ0n) is 7.49. The van der Waals surface area contributed by atoms with E-state index in [9.17, 15) is 0 Å². The molecule has 0 aliphatic rings. The molecule has 0 spiro atoms. The molecule has 1 rings (SSSR count). The van der Waals surface area contributed by atoms with Gasteiger partial charge in [0.05, 0.1) is 5.25 Å². The van der Waals surface area contributed by atoms with Gasteiger partial charge in [0, 0.05) is 10.9 Å². The molecule has 0 saturated heterocycles. The molecule has 1 heterocycles. The van der Waals surface area contributed by atoms with E-state index in [0.29, 0.717) is 11.3 Å². The van der Waals surface area contributed by atoms with Gasteiger partial charge in [-0.1, -0.05) is 13.0 Å². The first-order valence-corrected chi connectivity index (χ1v) is 6.28. The second kappa shape index (κ2) is 4.90. The Morgan fingerprint density at radius 1 is 1.67 bits per heavy atom. The van der Waals surface area contributed by atoms with Gasteiger partial charge in [-0.25, -0.2) is 0 Å². The van der Waals surface area contributed by atoms with Crippen LogP contribution in [0.2, 0.25) is 0 Å².